The zero-order valence-corrected chi connectivity index (χ0v) is 16.3. The summed E-state index contributed by atoms with van der Waals surface area (Å²) < 4.78 is 5.14. The predicted octanol–water partition coefficient (Wildman–Crippen LogP) is 3.45. The largest absolute Gasteiger partial charge is 0.451 e. The summed E-state index contributed by atoms with van der Waals surface area (Å²) in [6, 6.07) is 20.3. The minimum Gasteiger partial charge on any atom is -0.451 e. The lowest BCUT2D eigenvalue weighted by Crippen LogP contribution is -2.35. The molecule has 0 spiro atoms. The third-order valence-corrected chi connectivity index (χ3v) is 4.40. The molecule has 3 aromatic rings. The van der Waals surface area contributed by atoms with Crippen LogP contribution < -0.4 is 10.6 Å². The molecule has 3 aromatic carbocycles. The second-order valence-electron chi connectivity index (χ2n) is 6.70. The highest BCUT2D eigenvalue weighted by Gasteiger charge is 2.19. The lowest BCUT2D eigenvalue weighted by atomic mass is 10.1. The number of anilines is 1. The summed E-state index contributed by atoms with van der Waals surface area (Å²) in [7, 11) is 0. The summed E-state index contributed by atoms with van der Waals surface area (Å²) in [6.07, 6.45) is -1.00. The molecular formula is C23H22N2O4. The van der Waals surface area contributed by atoms with E-state index in [0.29, 0.717) is 11.3 Å². The molecule has 0 fully saturated rings. The number of rotatable bonds is 6. The third kappa shape index (κ3) is 5.19. The van der Waals surface area contributed by atoms with Crippen molar-refractivity contribution < 1.29 is 19.1 Å². The van der Waals surface area contributed by atoms with E-state index in [1.165, 1.54) is 6.92 Å². The molecule has 0 saturated carbocycles. The van der Waals surface area contributed by atoms with Crippen molar-refractivity contribution in [1.82, 2.24) is 5.32 Å². The van der Waals surface area contributed by atoms with Gasteiger partial charge in [-0.2, -0.15) is 0 Å². The Kier molecular flexibility index (Phi) is 6.24. The molecule has 0 aliphatic carbocycles. The van der Waals surface area contributed by atoms with Gasteiger partial charge in [-0.3, -0.25) is 14.4 Å². The fraction of sp³-hybridized carbons (Fsp3) is 0.174. The second kappa shape index (κ2) is 9.01. The summed E-state index contributed by atoms with van der Waals surface area (Å²) in [5.41, 5.74) is 2.04. The van der Waals surface area contributed by atoms with Crippen molar-refractivity contribution in [2.75, 3.05) is 11.9 Å². The fourth-order valence-electron chi connectivity index (χ4n) is 2.90. The van der Waals surface area contributed by atoms with Crippen molar-refractivity contribution in [3.63, 3.8) is 0 Å². The Morgan fingerprint density at radius 3 is 2.48 bits per heavy atom. The van der Waals surface area contributed by atoms with Crippen molar-refractivity contribution in [3.8, 4) is 0 Å². The van der Waals surface area contributed by atoms with E-state index in [4.69, 9.17) is 4.74 Å². The van der Waals surface area contributed by atoms with Crippen LogP contribution in [0.3, 0.4) is 0 Å². The monoisotopic (exact) mass is 390 g/mol. The summed E-state index contributed by atoms with van der Waals surface area (Å²) in [5, 5.41) is 7.17. The van der Waals surface area contributed by atoms with Crippen LogP contribution in [0, 0.1) is 6.92 Å². The Bertz CT molecular complexity index is 1060. The molecule has 29 heavy (non-hydrogen) atoms. The van der Waals surface area contributed by atoms with E-state index in [-0.39, 0.29) is 12.5 Å². The summed E-state index contributed by atoms with van der Waals surface area (Å²) in [5.74, 6) is -1.51. The van der Waals surface area contributed by atoms with Crippen LogP contribution in [-0.4, -0.2) is 30.4 Å². The highest BCUT2D eigenvalue weighted by molar-refractivity contribution is 6.04. The van der Waals surface area contributed by atoms with Gasteiger partial charge in [0.2, 0.25) is 0 Å². The zero-order valence-electron chi connectivity index (χ0n) is 16.3. The number of nitrogens with one attached hydrogen (secondary N) is 2. The van der Waals surface area contributed by atoms with Gasteiger partial charge in [-0.25, -0.2) is 0 Å². The van der Waals surface area contributed by atoms with Crippen LogP contribution in [0.4, 0.5) is 5.69 Å². The van der Waals surface area contributed by atoms with Crippen LogP contribution in [-0.2, 0) is 14.3 Å². The van der Waals surface area contributed by atoms with Gasteiger partial charge in [0.1, 0.15) is 6.54 Å². The number of fused-ring (bicyclic) bond motifs is 1. The van der Waals surface area contributed by atoms with Gasteiger partial charge in [0, 0.05) is 16.6 Å². The maximum atomic E-state index is 12.4. The van der Waals surface area contributed by atoms with Crippen molar-refractivity contribution in [2.45, 2.75) is 20.0 Å². The van der Waals surface area contributed by atoms with E-state index < -0.39 is 18.0 Å². The molecule has 0 radical (unpaired) electrons. The Balaban J connectivity index is 1.53. The topological polar surface area (TPSA) is 84.5 Å². The smallest absolute Gasteiger partial charge is 0.326 e. The van der Waals surface area contributed by atoms with Gasteiger partial charge >= 0.3 is 5.97 Å². The van der Waals surface area contributed by atoms with Gasteiger partial charge in [-0.05, 0) is 37.4 Å². The molecule has 0 aliphatic rings. The molecule has 2 amide bonds. The first kappa shape index (κ1) is 20.1. The number of hydrogen-bond acceptors (Lipinski definition) is 4. The number of ether oxygens (including phenoxy) is 1. The highest BCUT2D eigenvalue weighted by atomic mass is 16.5. The van der Waals surface area contributed by atoms with E-state index in [0.717, 1.165) is 16.3 Å². The van der Waals surface area contributed by atoms with Crippen LogP contribution in [0.1, 0.15) is 22.8 Å². The minimum absolute atomic E-state index is 0.321. The molecule has 0 aromatic heterocycles. The van der Waals surface area contributed by atoms with Gasteiger partial charge in [0.15, 0.2) is 6.10 Å². The van der Waals surface area contributed by atoms with Gasteiger partial charge < -0.3 is 15.4 Å². The molecule has 0 aliphatic heterocycles. The molecular weight excluding hydrogens is 368 g/mol. The standard InChI is InChI=1S/C23H22N2O4/c1-15-7-5-10-18(13-15)23(28)24-14-21(26)29-16(2)22(27)25-20-12-6-9-17-8-3-4-11-19(17)20/h3-13,16H,14H2,1-2H3,(H,24,28)(H,25,27)/t16-/m0/s1. The molecule has 6 heteroatoms. The number of hydrogen-bond donors (Lipinski definition) is 2. The van der Waals surface area contributed by atoms with Crippen molar-refractivity contribution >= 4 is 34.2 Å². The van der Waals surface area contributed by atoms with Crippen LogP contribution >= 0.6 is 0 Å². The lowest BCUT2D eigenvalue weighted by molar-refractivity contribution is -0.152. The Hall–Kier alpha value is -3.67. The summed E-state index contributed by atoms with van der Waals surface area (Å²) in [6.45, 7) is 3.04. The average molecular weight is 390 g/mol. The second-order valence-corrected chi connectivity index (χ2v) is 6.70. The first-order valence-corrected chi connectivity index (χ1v) is 9.27. The van der Waals surface area contributed by atoms with Crippen LogP contribution in [0.5, 0.6) is 0 Å². The molecule has 0 heterocycles. The van der Waals surface area contributed by atoms with Gasteiger partial charge in [0.05, 0.1) is 0 Å². The van der Waals surface area contributed by atoms with Crippen LogP contribution in [0.25, 0.3) is 10.8 Å². The summed E-state index contributed by atoms with van der Waals surface area (Å²) in [4.78, 5) is 36.5. The van der Waals surface area contributed by atoms with Crippen molar-refractivity contribution in [3.05, 3.63) is 77.9 Å². The SMILES string of the molecule is Cc1cccc(C(=O)NCC(=O)O[C@@H](C)C(=O)Nc2cccc3ccccc23)c1. The number of aryl methyl sites for hydroxylation is 1. The molecule has 3 rings (SSSR count). The van der Waals surface area contributed by atoms with E-state index >= 15 is 0 Å². The van der Waals surface area contributed by atoms with Crippen LogP contribution in [0.2, 0.25) is 0 Å². The molecule has 148 valence electrons. The van der Waals surface area contributed by atoms with E-state index in [9.17, 15) is 14.4 Å². The molecule has 1 atom stereocenters. The van der Waals surface area contributed by atoms with Gasteiger partial charge in [-0.1, -0.05) is 54.1 Å². The molecule has 0 saturated heterocycles. The van der Waals surface area contributed by atoms with Crippen molar-refractivity contribution in [2.24, 2.45) is 0 Å². The van der Waals surface area contributed by atoms with Gasteiger partial charge in [0.25, 0.3) is 11.8 Å². The predicted molar refractivity (Wildman–Crippen MR) is 112 cm³/mol. The molecule has 0 bridgehead atoms. The Morgan fingerprint density at radius 1 is 0.966 bits per heavy atom. The quantitative estimate of drug-likeness (QED) is 0.632. The van der Waals surface area contributed by atoms with E-state index in [1.54, 1.807) is 24.3 Å². The van der Waals surface area contributed by atoms with Crippen LogP contribution in [0.15, 0.2) is 66.7 Å². The zero-order chi connectivity index (χ0) is 20.8. The summed E-state index contributed by atoms with van der Waals surface area (Å²) >= 11 is 0. The lowest BCUT2D eigenvalue weighted by Gasteiger charge is -2.15. The van der Waals surface area contributed by atoms with E-state index in [2.05, 4.69) is 10.6 Å². The third-order valence-electron chi connectivity index (χ3n) is 4.40. The number of esters is 1. The number of carbonyl (C=O) groups is 3. The first-order valence-electron chi connectivity index (χ1n) is 9.27. The van der Waals surface area contributed by atoms with Gasteiger partial charge in [-0.15, -0.1) is 0 Å². The minimum atomic E-state index is -1.00. The number of amides is 2. The molecule has 2 N–H and O–H groups in total. The maximum absolute atomic E-state index is 12.4. The number of carbonyl (C=O) groups excluding carboxylic acids is 3. The highest BCUT2D eigenvalue weighted by Crippen LogP contribution is 2.23. The Morgan fingerprint density at radius 2 is 1.69 bits per heavy atom. The Labute approximate surface area is 168 Å². The average Bonchev–Trinajstić information content (AvgIpc) is 2.72. The maximum Gasteiger partial charge on any atom is 0.326 e. The first-order chi connectivity index (χ1) is 13.9. The molecule has 0 unspecified atom stereocenters. The normalized spacial score (nSPS) is 11.5. The van der Waals surface area contributed by atoms with E-state index in [1.807, 2.05) is 49.4 Å². The molecule has 6 nitrogen and oxygen atoms in total. The number of benzene rings is 3. The fourth-order valence-corrected chi connectivity index (χ4v) is 2.90. The van der Waals surface area contributed by atoms with Crippen molar-refractivity contribution in [1.29, 1.82) is 0 Å².